The molecule has 3 heteroatoms. The molecule has 0 amide bonds. The standard InChI is InChI=1S/C17H35N3/c1-5-10-19-11-8-16(9-12-19)20-14-17(6-2,7-3)18-13-15(20)4/h15-16,18H,5-14H2,1-4H3. The van der Waals surface area contributed by atoms with Gasteiger partial charge in [0, 0.05) is 30.7 Å². The normalized spacial score (nSPS) is 29.7. The van der Waals surface area contributed by atoms with Crippen LogP contribution in [-0.4, -0.2) is 60.1 Å². The predicted octanol–water partition coefficient (Wildman–Crippen LogP) is 2.71. The summed E-state index contributed by atoms with van der Waals surface area (Å²) in [7, 11) is 0. The summed E-state index contributed by atoms with van der Waals surface area (Å²) >= 11 is 0. The van der Waals surface area contributed by atoms with Crippen LogP contribution in [0.25, 0.3) is 0 Å². The number of rotatable bonds is 5. The maximum atomic E-state index is 3.83. The van der Waals surface area contributed by atoms with Crippen LogP contribution in [0.3, 0.4) is 0 Å². The molecular weight excluding hydrogens is 246 g/mol. The molecule has 0 aromatic rings. The Hall–Kier alpha value is -0.120. The first-order valence-electron chi connectivity index (χ1n) is 8.87. The molecule has 118 valence electrons. The van der Waals surface area contributed by atoms with Crippen molar-refractivity contribution in [3.8, 4) is 0 Å². The van der Waals surface area contributed by atoms with Gasteiger partial charge in [-0.25, -0.2) is 0 Å². The van der Waals surface area contributed by atoms with Crippen molar-refractivity contribution in [3.63, 3.8) is 0 Å². The molecule has 2 rings (SSSR count). The van der Waals surface area contributed by atoms with Gasteiger partial charge in [-0.1, -0.05) is 20.8 Å². The Kier molecular flexibility index (Phi) is 5.88. The predicted molar refractivity (Wildman–Crippen MR) is 87.2 cm³/mol. The number of likely N-dealkylation sites (tertiary alicyclic amines) is 1. The van der Waals surface area contributed by atoms with Gasteiger partial charge in [0.2, 0.25) is 0 Å². The average molecular weight is 281 g/mol. The highest BCUT2D eigenvalue weighted by atomic mass is 15.3. The molecule has 2 fully saturated rings. The summed E-state index contributed by atoms with van der Waals surface area (Å²) in [5, 5.41) is 3.83. The molecule has 1 unspecified atom stereocenters. The summed E-state index contributed by atoms with van der Waals surface area (Å²) in [6, 6.07) is 1.52. The van der Waals surface area contributed by atoms with Crippen LogP contribution in [0.2, 0.25) is 0 Å². The first kappa shape index (κ1) is 16.3. The third-order valence-corrected chi connectivity index (χ3v) is 5.74. The van der Waals surface area contributed by atoms with E-state index < -0.39 is 0 Å². The topological polar surface area (TPSA) is 18.5 Å². The zero-order chi connectivity index (χ0) is 14.6. The molecule has 2 heterocycles. The fraction of sp³-hybridized carbons (Fsp3) is 1.00. The molecule has 0 aromatic heterocycles. The van der Waals surface area contributed by atoms with Gasteiger partial charge >= 0.3 is 0 Å². The van der Waals surface area contributed by atoms with Crippen molar-refractivity contribution >= 4 is 0 Å². The zero-order valence-electron chi connectivity index (χ0n) is 14.1. The molecule has 1 N–H and O–H groups in total. The summed E-state index contributed by atoms with van der Waals surface area (Å²) in [6.45, 7) is 15.7. The highest BCUT2D eigenvalue weighted by molar-refractivity contribution is 4.98. The van der Waals surface area contributed by atoms with Gasteiger partial charge in [-0.15, -0.1) is 0 Å². The summed E-state index contributed by atoms with van der Waals surface area (Å²) in [4.78, 5) is 5.48. The second-order valence-corrected chi connectivity index (χ2v) is 6.96. The number of nitrogens with one attached hydrogen (secondary N) is 1. The molecule has 0 bridgehead atoms. The Morgan fingerprint density at radius 3 is 2.30 bits per heavy atom. The average Bonchev–Trinajstić information content (AvgIpc) is 2.50. The third-order valence-electron chi connectivity index (χ3n) is 5.74. The maximum Gasteiger partial charge on any atom is 0.0304 e. The largest absolute Gasteiger partial charge is 0.308 e. The van der Waals surface area contributed by atoms with Gasteiger partial charge < -0.3 is 10.2 Å². The summed E-state index contributed by atoms with van der Waals surface area (Å²) < 4.78 is 0. The van der Waals surface area contributed by atoms with Gasteiger partial charge in [0.15, 0.2) is 0 Å². The lowest BCUT2D eigenvalue weighted by molar-refractivity contribution is 0.0171. The van der Waals surface area contributed by atoms with Crippen LogP contribution in [0.4, 0.5) is 0 Å². The van der Waals surface area contributed by atoms with Crippen LogP contribution >= 0.6 is 0 Å². The fourth-order valence-electron chi connectivity index (χ4n) is 4.05. The van der Waals surface area contributed by atoms with Gasteiger partial charge in [-0.05, 0) is 58.7 Å². The minimum atomic E-state index is 0.368. The van der Waals surface area contributed by atoms with E-state index in [-0.39, 0.29) is 0 Å². The van der Waals surface area contributed by atoms with Crippen molar-refractivity contribution in [2.24, 2.45) is 0 Å². The van der Waals surface area contributed by atoms with Gasteiger partial charge in [-0.2, -0.15) is 0 Å². The summed E-state index contributed by atoms with van der Waals surface area (Å²) in [5.74, 6) is 0. The van der Waals surface area contributed by atoms with E-state index in [4.69, 9.17) is 0 Å². The molecule has 0 aliphatic carbocycles. The highest BCUT2D eigenvalue weighted by Gasteiger charge is 2.38. The van der Waals surface area contributed by atoms with Crippen LogP contribution in [0, 0.1) is 0 Å². The quantitative estimate of drug-likeness (QED) is 0.836. The Bertz CT molecular complexity index is 280. The first-order valence-corrected chi connectivity index (χ1v) is 8.87. The lowest BCUT2D eigenvalue weighted by atomic mass is 9.86. The van der Waals surface area contributed by atoms with Crippen molar-refractivity contribution in [2.45, 2.75) is 77.4 Å². The molecule has 2 aliphatic rings. The van der Waals surface area contributed by atoms with Crippen LogP contribution in [0.5, 0.6) is 0 Å². The van der Waals surface area contributed by atoms with E-state index >= 15 is 0 Å². The summed E-state index contributed by atoms with van der Waals surface area (Å²) in [6.07, 6.45) is 6.54. The van der Waals surface area contributed by atoms with Crippen molar-refractivity contribution in [3.05, 3.63) is 0 Å². The number of piperazine rings is 1. The van der Waals surface area contributed by atoms with Crippen molar-refractivity contribution in [2.75, 3.05) is 32.7 Å². The minimum absolute atomic E-state index is 0.368. The van der Waals surface area contributed by atoms with E-state index in [2.05, 4.69) is 42.8 Å². The van der Waals surface area contributed by atoms with Crippen LogP contribution in [0.1, 0.15) is 59.8 Å². The molecule has 20 heavy (non-hydrogen) atoms. The van der Waals surface area contributed by atoms with Gasteiger partial charge in [0.05, 0.1) is 0 Å². The maximum absolute atomic E-state index is 3.83. The number of piperidine rings is 1. The van der Waals surface area contributed by atoms with E-state index in [0.29, 0.717) is 11.6 Å². The van der Waals surface area contributed by atoms with E-state index in [0.717, 1.165) is 12.6 Å². The lowest BCUT2D eigenvalue weighted by Gasteiger charge is -2.51. The van der Waals surface area contributed by atoms with Gasteiger partial charge in [0.25, 0.3) is 0 Å². The fourth-order valence-corrected chi connectivity index (χ4v) is 4.05. The Labute approximate surface area is 126 Å². The van der Waals surface area contributed by atoms with E-state index in [1.807, 2.05) is 0 Å². The molecule has 3 nitrogen and oxygen atoms in total. The van der Waals surface area contributed by atoms with Crippen LogP contribution in [0.15, 0.2) is 0 Å². The molecule has 0 spiro atoms. The molecule has 0 radical (unpaired) electrons. The molecule has 0 saturated carbocycles. The van der Waals surface area contributed by atoms with Gasteiger partial charge in [-0.3, -0.25) is 4.90 Å². The minimum Gasteiger partial charge on any atom is -0.308 e. The molecule has 2 saturated heterocycles. The van der Waals surface area contributed by atoms with E-state index in [1.165, 1.54) is 58.3 Å². The Morgan fingerprint density at radius 1 is 1.10 bits per heavy atom. The Morgan fingerprint density at radius 2 is 1.75 bits per heavy atom. The monoisotopic (exact) mass is 281 g/mol. The van der Waals surface area contributed by atoms with E-state index in [9.17, 15) is 0 Å². The van der Waals surface area contributed by atoms with Crippen molar-refractivity contribution in [1.29, 1.82) is 0 Å². The summed E-state index contributed by atoms with van der Waals surface area (Å²) in [5.41, 5.74) is 0.368. The van der Waals surface area contributed by atoms with Gasteiger partial charge in [0.1, 0.15) is 0 Å². The second kappa shape index (κ2) is 7.24. The molecule has 2 aliphatic heterocycles. The highest BCUT2D eigenvalue weighted by Crippen LogP contribution is 2.27. The van der Waals surface area contributed by atoms with Crippen molar-refractivity contribution < 1.29 is 0 Å². The third kappa shape index (κ3) is 3.55. The SMILES string of the molecule is CCCN1CCC(N2CC(CC)(CC)NCC2C)CC1. The first-order chi connectivity index (χ1) is 9.64. The number of hydrogen-bond acceptors (Lipinski definition) is 3. The molecule has 0 aromatic carbocycles. The second-order valence-electron chi connectivity index (χ2n) is 6.96. The van der Waals surface area contributed by atoms with Crippen LogP contribution in [-0.2, 0) is 0 Å². The van der Waals surface area contributed by atoms with Crippen LogP contribution < -0.4 is 5.32 Å². The number of nitrogens with zero attached hydrogens (tertiary/aromatic N) is 2. The lowest BCUT2D eigenvalue weighted by Crippen LogP contribution is -2.66. The Balaban J connectivity index is 1.93. The molecular formula is C17H35N3. The number of hydrogen-bond donors (Lipinski definition) is 1. The smallest absolute Gasteiger partial charge is 0.0304 e. The zero-order valence-corrected chi connectivity index (χ0v) is 14.1. The molecule has 1 atom stereocenters. The van der Waals surface area contributed by atoms with Crippen molar-refractivity contribution in [1.82, 2.24) is 15.1 Å². The van der Waals surface area contributed by atoms with E-state index in [1.54, 1.807) is 0 Å².